The van der Waals surface area contributed by atoms with Crippen LogP contribution in [0.25, 0.3) is 11.0 Å². The van der Waals surface area contributed by atoms with Gasteiger partial charge in [0.1, 0.15) is 23.3 Å². The number of benzene rings is 1. The molecule has 2 aromatic rings. The molecule has 1 fully saturated rings. The smallest absolute Gasteiger partial charge is 0.258 e. The number of nitrogens with one attached hydrogen (secondary N) is 3. The van der Waals surface area contributed by atoms with Gasteiger partial charge in [-0.15, -0.1) is 4.72 Å². The molecular formula is C24H33F5N4O2S. The van der Waals surface area contributed by atoms with Crippen molar-refractivity contribution >= 4 is 28.3 Å². The van der Waals surface area contributed by atoms with Crippen molar-refractivity contribution in [2.45, 2.75) is 88.5 Å². The molecule has 0 aliphatic heterocycles. The van der Waals surface area contributed by atoms with E-state index in [0.29, 0.717) is 22.4 Å². The molecule has 1 aliphatic rings. The Kier molecular flexibility index (Phi) is 8.93. The monoisotopic (exact) mass is 536 g/mol. The van der Waals surface area contributed by atoms with Crippen LogP contribution in [0.4, 0.5) is 22.0 Å². The van der Waals surface area contributed by atoms with Crippen LogP contribution in [0.1, 0.15) is 76.8 Å². The van der Waals surface area contributed by atoms with Crippen molar-refractivity contribution in [3.8, 4) is 0 Å². The highest BCUT2D eigenvalue weighted by molar-refractivity contribution is 7.90. The van der Waals surface area contributed by atoms with E-state index in [4.69, 9.17) is 0 Å². The third-order valence-corrected chi connectivity index (χ3v) is 8.00. The van der Waals surface area contributed by atoms with Crippen LogP contribution < -0.4 is 10.0 Å². The fraction of sp³-hybridized carbons (Fsp3) is 0.667. The van der Waals surface area contributed by atoms with E-state index in [-0.39, 0.29) is 31.6 Å². The van der Waals surface area contributed by atoms with Crippen LogP contribution in [0, 0.1) is 5.92 Å². The molecule has 2 unspecified atom stereocenters. The molecule has 1 aliphatic carbocycles. The first kappa shape index (κ1) is 28.6. The van der Waals surface area contributed by atoms with Crippen molar-refractivity contribution in [1.29, 1.82) is 0 Å². The van der Waals surface area contributed by atoms with Gasteiger partial charge in [-0.25, -0.2) is 26.9 Å². The van der Waals surface area contributed by atoms with Gasteiger partial charge >= 0.3 is 0 Å². The normalized spacial score (nSPS) is 21.1. The summed E-state index contributed by atoms with van der Waals surface area (Å²) >= 11 is -1.48. The molecule has 1 amide bonds. The molecule has 3 rings (SSSR count). The molecule has 0 radical (unpaired) electrons. The molecule has 1 heterocycles. The minimum atomic E-state index is -2.71. The first-order valence-corrected chi connectivity index (χ1v) is 13.1. The molecule has 1 saturated carbocycles. The predicted molar refractivity (Wildman–Crippen MR) is 129 cm³/mol. The second-order valence-corrected chi connectivity index (χ2v) is 12.4. The number of rotatable bonds is 9. The van der Waals surface area contributed by atoms with Gasteiger partial charge in [0.2, 0.25) is 12.1 Å². The lowest BCUT2D eigenvalue weighted by atomic mass is 9.82. The standard InChI is InChI=1S/C24H33F5N4O2S/c1-13(30-22(34)19(27)16(26)12-25)15-5-6-17-18(11-15)32-21(31-17)20(33-36(35)23(2,3)4)14-7-9-24(28,29)10-8-14/h5-6,11,13-14,16,19-20,33H,7-10,12H2,1-4H3,(H,30,34)(H,31,32)/t13-,16?,19?,20+,36-/m1/s1. The van der Waals surface area contributed by atoms with Crippen LogP contribution in [0.5, 0.6) is 0 Å². The molecule has 1 aromatic carbocycles. The van der Waals surface area contributed by atoms with E-state index < -0.39 is 59.0 Å². The van der Waals surface area contributed by atoms with Crippen LogP contribution in [0.15, 0.2) is 18.2 Å². The highest BCUT2D eigenvalue weighted by atomic mass is 32.2. The topological polar surface area (TPSA) is 92.9 Å². The first-order chi connectivity index (χ1) is 16.7. The largest absolute Gasteiger partial charge is 0.598 e. The Hall–Kier alpha value is -1.92. The fourth-order valence-electron chi connectivity index (χ4n) is 4.14. The quantitative estimate of drug-likeness (QED) is 0.299. The summed E-state index contributed by atoms with van der Waals surface area (Å²) in [5.74, 6) is -3.71. The summed E-state index contributed by atoms with van der Waals surface area (Å²) in [6, 6.07) is 3.76. The van der Waals surface area contributed by atoms with Crippen molar-refractivity contribution in [3.63, 3.8) is 0 Å². The van der Waals surface area contributed by atoms with Crippen LogP contribution >= 0.6 is 0 Å². The van der Waals surface area contributed by atoms with Crippen molar-refractivity contribution in [3.05, 3.63) is 29.6 Å². The van der Waals surface area contributed by atoms with E-state index in [1.165, 1.54) is 0 Å². The third-order valence-electron chi connectivity index (χ3n) is 6.42. The number of imidazole rings is 1. The zero-order valence-corrected chi connectivity index (χ0v) is 21.5. The molecule has 0 saturated heterocycles. The van der Waals surface area contributed by atoms with Crippen LogP contribution in [-0.4, -0.2) is 50.1 Å². The number of amides is 1. The number of hydrogen-bond donors (Lipinski definition) is 3. The molecule has 202 valence electrons. The van der Waals surface area contributed by atoms with E-state index in [2.05, 4.69) is 20.0 Å². The molecule has 1 aromatic heterocycles. The fourth-order valence-corrected chi connectivity index (χ4v) is 5.03. The van der Waals surface area contributed by atoms with Gasteiger partial charge in [0.25, 0.3) is 5.91 Å². The average Bonchev–Trinajstić information content (AvgIpc) is 3.24. The van der Waals surface area contributed by atoms with Gasteiger partial charge in [-0.3, -0.25) is 4.79 Å². The molecule has 3 N–H and O–H groups in total. The van der Waals surface area contributed by atoms with Crippen LogP contribution in [0.3, 0.4) is 0 Å². The Morgan fingerprint density at radius 2 is 1.92 bits per heavy atom. The molecule has 5 atom stereocenters. The molecule has 36 heavy (non-hydrogen) atoms. The number of H-pyrrole nitrogens is 1. The summed E-state index contributed by atoms with van der Waals surface area (Å²) < 4.78 is 82.2. The lowest BCUT2D eigenvalue weighted by molar-refractivity contribution is -0.129. The zero-order chi connectivity index (χ0) is 26.8. The van der Waals surface area contributed by atoms with Gasteiger partial charge in [-0.05, 0) is 64.2 Å². The molecule has 12 heteroatoms. The summed E-state index contributed by atoms with van der Waals surface area (Å²) in [4.78, 5) is 19.7. The van der Waals surface area contributed by atoms with Gasteiger partial charge in [0.15, 0.2) is 6.17 Å². The maximum atomic E-state index is 13.8. The molecular weight excluding hydrogens is 503 g/mol. The predicted octanol–water partition coefficient (Wildman–Crippen LogP) is 5.30. The Bertz CT molecular complexity index is 1040. The second kappa shape index (κ2) is 11.2. The SMILES string of the molecule is C[C@@H](NC(=O)C(F)C(F)CF)c1ccc2[nH]c([C@@H](N[S@+]([O-])C(C)(C)C)C3CCC(F)(F)CC3)nc2c1. The Balaban J connectivity index is 1.84. The lowest BCUT2D eigenvalue weighted by Gasteiger charge is -2.35. The van der Waals surface area contributed by atoms with Crippen molar-refractivity contribution in [2.75, 3.05) is 6.67 Å². The lowest BCUT2D eigenvalue weighted by Crippen LogP contribution is -2.44. The number of carbonyl (C=O) groups is 1. The Labute approximate surface area is 210 Å². The summed E-state index contributed by atoms with van der Waals surface area (Å²) in [6.45, 7) is 5.40. The van der Waals surface area contributed by atoms with E-state index in [0.717, 1.165) is 0 Å². The third kappa shape index (κ3) is 6.89. The summed E-state index contributed by atoms with van der Waals surface area (Å²) in [6.07, 6.45) is -5.16. The van der Waals surface area contributed by atoms with Crippen molar-refractivity contribution < 1.29 is 31.3 Å². The minimum absolute atomic E-state index is 0.209. The number of aromatic amines is 1. The minimum Gasteiger partial charge on any atom is -0.598 e. The van der Waals surface area contributed by atoms with E-state index in [1.54, 1.807) is 25.1 Å². The first-order valence-electron chi connectivity index (χ1n) is 11.9. The number of hydrogen-bond acceptors (Lipinski definition) is 4. The second-order valence-electron chi connectivity index (χ2n) is 10.4. The Morgan fingerprint density at radius 1 is 1.28 bits per heavy atom. The van der Waals surface area contributed by atoms with Gasteiger partial charge in [-0.1, -0.05) is 6.07 Å². The highest BCUT2D eigenvalue weighted by Gasteiger charge is 2.41. The summed E-state index contributed by atoms with van der Waals surface area (Å²) in [5, 5.41) is 2.33. The maximum Gasteiger partial charge on any atom is 0.258 e. The number of alkyl halides is 5. The number of nitrogens with zero attached hydrogens (tertiary/aromatic N) is 1. The average molecular weight is 537 g/mol. The van der Waals surface area contributed by atoms with Gasteiger partial charge < -0.3 is 14.9 Å². The maximum absolute atomic E-state index is 13.8. The van der Waals surface area contributed by atoms with Crippen molar-refractivity contribution in [1.82, 2.24) is 20.0 Å². The van der Waals surface area contributed by atoms with Gasteiger partial charge in [0, 0.05) is 24.2 Å². The summed E-state index contributed by atoms with van der Waals surface area (Å²) in [5.41, 5.74) is 1.69. The molecule has 6 nitrogen and oxygen atoms in total. The molecule has 0 spiro atoms. The van der Waals surface area contributed by atoms with E-state index in [1.807, 2.05) is 20.8 Å². The zero-order valence-electron chi connectivity index (χ0n) is 20.7. The number of carbonyl (C=O) groups excluding carboxylic acids is 1. The summed E-state index contributed by atoms with van der Waals surface area (Å²) in [7, 11) is 0. The van der Waals surface area contributed by atoms with Gasteiger partial charge in [0.05, 0.1) is 17.1 Å². The van der Waals surface area contributed by atoms with Gasteiger partial charge in [-0.2, -0.15) is 0 Å². The highest BCUT2D eigenvalue weighted by Crippen LogP contribution is 2.42. The Morgan fingerprint density at radius 3 is 2.50 bits per heavy atom. The number of halogens is 5. The molecule has 0 bridgehead atoms. The van der Waals surface area contributed by atoms with Crippen LogP contribution in [-0.2, 0) is 16.2 Å². The number of fused-ring (bicyclic) bond motifs is 1. The van der Waals surface area contributed by atoms with Crippen molar-refractivity contribution in [2.24, 2.45) is 5.92 Å². The van der Waals surface area contributed by atoms with E-state index in [9.17, 15) is 31.3 Å². The van der Waals surface area contributed by atoms with E-state index >= 15 is 0 Å². The van der Waals surface area contributed by atoms with Crippen LogP contribution in [0.2, 0.25) is 0 Å². The number of aromatic nitrogens is 2.